The smallest absolute Gasteiger partial charge is 0.337 e. The van der Waals surface area contributed by atoms with Crippen LogP contribution in [0.1, 0.15) is 15.9 Å². The molecule has 1 aromatic heterocycles. The maximum Gasteiger partial charge on any atom is 0.337 e. The molecule has 1 aromatic carbocycles. The molecule has 7 nitrogen and oxygen atoms in total. The standard InChI is InChI=1S/C15H13ClN2O5/c1-9-2-4-11(6-12(9)16)17-13(19)8-23-18-7-10(15(21)22)3-5-14(18)20/h2-7H,8H2,1H3,(H,17,19)(H,21,22). The van der Waals surface area contributed by atoms with Gasteiger partial charge in [0, 0.05) is 16.8 Å². The third kappa shape index (κ3) is 4.33. The van der Waals surface area contributed by atoms with Crippen molar-refractivity contribution in [1.29, 1.82) is 0 Å². The number of carbonyl (C=O) groups is 2. The van der Waals surface area contributed by atoms with E-state index in [0.717, 1.165) is 23.9 Å². The summed E-state index contributed by atoms with van der Waals surface area (Å²) in [5.74, 6) is -1.72. The summed E-state index contributed by atoms with van der Waals surface area (Å²) in [5.41, 5.74) is 0.648. The molecular formula is C15H13ClN2O5. The second-order valence-corrected chi connectivity index (χ2v) is 5.08. The molecule has 0 aliphatic heterocycles. The van der Waals surface area contributed by atoms with Crippen LogP contribution in [0.25, 0.3) is 0 Å². The number of aryl methyl sites for hydroxylation is 1. The Kier molecular flexibility index (Phi) is 5.02. The third-order valence-electron chi connectivity index (χ3n) is 2.92. The van der Waals surface area contributed by atoms with Gasteiger partial charge in [-0.05, 0) is 30.7 Å². The first-order valence-electron chi connectivity index (χ1n) is 6.52. The molecule has 0 spiro atoms. The molecule has 0 aliphatic carbocycles. The van der Waals surface area contributed by atoms with Gasteiger partial charge in [-0.1, -0.05) is 17.7 Å². The fourth-order valence-electron chi connectivity index (χ4n) is 1.69. The zero-order valence-corrected chi connectivity index (χ0v) is 12.8. The highest BCUT2D eigenvalue weighted by molar-refractivity contribution is 6.31. The van der Waals surface area contributed by atoms with Crippen LogP contribution in [0.3, 0.4) is 0 Å². The van der Waals surface area contributed by atoms with Gasteiger partial charge in [0.05, 0.1) is 11.8 Å². The Bertz CT molecular complexity index is 816. The fourth-order valence-corrected chi connectivity index (χ4v) is 1.87. The molecule has 23 heavy (non-hydrogen) atoms. The number of hydrogen-bond donors (Lipinski definition) is 2. The lowest BCUT2D eigenvalue weighted by Gasteiger charge is -2.10. The molecule has 0 radical (unpaired) electrons. The highest BCUT2D eigenvalue weighted by atomic mass is 35.5. The first kappa shape index (κ1) is 16.6. The van der Waals surface area contributed by atoms with Crippen LogP contribution in [-0.4, -0.2) is 28.3 Å². The minimum atomic E-state index is -1.21. The van der Waals surface area contributed by atoms with E-state index in [0.29, 0.717) is 15.4 Å². The van der Waals surface area contributed by atoms with E-state index in [-0.39, 0.29) is 5.56 Å². The number of carboxylic acid groups (broad SMARTS) is 1. The van der Waals surface area contributed by atoms with Crippen molar-refractivity contribution >= 4 is 29.2 Å². The molecule has 0 saturated heterocycles. The molecule has 2 rings (SSSR count). The number of hydrogen-bond acceptors (Lipinski definition) is 4. The topological polar surface area (TPSA) is 97.6 Å². The Labute approximate surface area is 136 Å². The van der Waals surface area contributed by atoms with Crippen molar-refractivity contribution in [3.63, 3.8) is 0 Å². The SMILES string of the molecule is Cc1ccc(NC(=O)COn2cc(C(=O)O)ccc2=O)cc1Cl. The summed E-state index contributed by atoms with van der Waals surface area (Å²) < 4.78 is 0.700. The summed E-state index contributed by atoms with van der Waals surface area (Å²) >= 11 is 5.95. The van der Waals surface area contributed by atoms with E-state index in [2.05, 4.69) is 5.32 Å². The Balaban J connectivity index is 2.01. The van der Waals surface area contributed by atoms with Gasteiger partial charge >= 0.3 is 5.97 Å². The molecule has 8 heteroatoms. The van der Waals surface area contributed by atoms with E-state index in [4.69, 9.17) is 21.5 Å². The van der Waals surface area contributed by atoms with Crippen molar-refractivity contribution in [3.8, 4) is 0 Å². The number of amides is 1. The van der Waals surface area contributed by atoms with Crippen molar-refractivity contribution < 1.29 is 19.5 Å². The molecular weight excluding hydrogens is 324 g/mol. The lowest BCUT2D eigenvalue weighted by molar-refractivity contribution is -0.120. The van der Waals surface area contributed by atoms with Crippen LogP contribution in [0.2, 0.25) is 5.02 Å². The molecule has 1 heterocycles. The summed E-state index contributed by atoms with van der Waals surface area (Å²) in [7, 11) is 0. The third-order valence-corrected chi connectivity index (χ3v) is 3.32. The molecule has 0 bridgehead atoms. The number of carboxylic acids is 1. The molecule has 2 aromatic rings. The summed E-state index contributed by atoms with van der Waals surface area (Å²) in [6.07, 6.45) is 1.00. The molecule has 120 valence electrons. The van der Waals surface area contributed by atoms with Crippen molar-refractivity contribution in [3.05, 3.63) is 63.0 Å². The lowest BCUT2D eigenvalue weighted by Crippen LogP contribution is -2.32. The molecule has 0 saturated carbocycles. The van der Waals surface area contributed by atoms with Gasteiger partial charge in [-0.2, -0.15) is 4.73 Å². The van der Waals surface area contributed by atoms with Crippen LogP contribution in [0.5, 0.6) is 0 Å². The zero-order chi connectivity index (χ0) is 17.0. The lowest BCUT2D eigenvalue weighted by atomic mass is 10.2. The number of pyridine rings is 1. The highest BCUT2D eigenvalue weighted by Crippen LogP contribution is 2.19. The molecule has 0 unspecified atom stereocenters. The van der Waals surface area contributed by atoms with Gasteiger partial charge in [0.2, 0.25) is 0 Å². The predicted octanol–water partition coefficient (Wildman–Crippen LogP) is 1.58. The molecule has 1 amide bonds. The average Bonchev–Trinajstić information content (AvgIpc) is 2.50. The monoisotopic (exact) mass is 336 g/mol. The van der Waals surface area contributed by atoms with Crippen LogP contribution in [0.4, 0.5) is 5.69 Å². The van der Waals surface area contributed by atoms with Gasteiger partial charge in [0.25, 0.3) is 11.5 Å². The van der Waals surface area contributed by atoms with E-state index >= 15 is 0 Å². The number of anilines is 1. The van der Waals surface area contributed by atoms with Crippen LogP contribution in [-0.2, 0) is 4.79 Å². The van der Waals surface area contributed by atoms with E-state index in [9.17, 15) is 14.4 Å². The number of halogens is 1. The largest absolute Gasteiger partial charge is 0.478 e. The molecule has 0 aliphatic rings. The quantitative estimate of drug-likeness (QED) is 0.863. The summed E-state index contributed by atoms with van der Waals surface area (Å²) in [6.45, 7) is 1.37. The van der Waals surface area contributed by atoms with Gasteiger partial charge in [-0.3, -0.25) is 9.59 Å². The summed E-state index contributed by atoms with van der Waals surface area (Å²) in [5, 5.41) is 11.9. The predicted molar refractivity (Wildman–Crippen MR) is 83.9 cm³/mol. The normalized spacial score (nSPS) is 10.2. The van der Waals surface area contributed by atoms with E-state index in [1.807, 2.05) is 6.92 Å². The van der Waals surface area contributed by atoms with Crippen molar-refractivity contribution in [2.45, 2.75) is 6.92 Å². The highest BCUT2D eigenvalue weighted by Gasteiger charge is 2.09. The number of aromatic carboxylic acids is 1. The van der Waals surface area contributed by atoms with Gasteiger partial charge in [0.15, 0.2) is 6.61 Å². The summed E-state index contributed by atoms with van der Waals surface area (Å²) in [6, 6.07) is 7.21. The fraction of sp³-hybridized carbons (Fsp3) is 0.133. The minimum Gasteiger partial charge on any atom is -0.478 e. The zero-order valence-electron chi connectivity index (χ0n) is 12.1. The van der Waals surface area contributed by atoms with Gasteiger partial charge in [0.1, 0.15) is 0 Å². The molecule has 0 fully saturated rings. The Morgan fingerprint density at radius 1 is 1.30 bits per heavy atom. The van der Waals surface area contributed by atoms with E-state index in [1.54, 1.807) is 18.2 Å². The van der Waals surface area contributed by atoms with Crippen molar-refractivity contribution in [2.75, 3.05) is 11.9 Å². The van der Waals surface area contributed by atoms with E-state index < -0.39 is 24.0 Å². The number of rotatable bonds is 5. The molecule has 0 atom stereocenters. The Morgan fingerprint density at radius 2 is 2.04 bits per heavy atom. The van der Waals surface area contributed by atoms with Crippen molar-refractivity contribution in [2.24, 2.45) is 0 Å². The van der Waals surface area contributed by atoms with Crippen LogP contribution >= 0.6 is 11.6 Å². The maximum absolute atomic E-state index is 11.8. The maximum atomic E-state index is 11.8. The number of nitrogens with one attached hydrogen (secondary N) is 1. The van der Waals surface area contributed by atoms with Crippen LogP contribution < -0.4 is 15.7 Å². The number of carbonyl (C=O) groups excluding carboxylic acids is 1. The summed E-state index contributed by atoms with van der Waals surface area (Å²) in [4.78, 5) is 39.2. The van der Waals surface area contributed by atoms with Crippen LogP contribution in [0.15, 0.2) is 41.3 Å². The van der Waals surface area contributed by atoms with E-state index in [1.165, 1.54) is 0 Å². The van der Waals surface area contributed by atoms with Gasteiger partial charge < -0.3 is 15.3 Å². The second kappa shape index (κ2) is 6.97. The second-order valence-electron chi connectivity index (χ2n) is 4.67. The van der Waals surface area contributed by atoms with Gasteiger partial charge in [-0.15, -0.1) is 0 Å². The average molecular weight is 337 g/mol. The Hall–Kier alpha value is -2.80. The Morgan fingerprint density at radius 3 is 2.70 bits per heavy atom. The number of aromatic nitrogens is 1. The van der Waals surface area contributed by atoms with Crippen LogP contribution in [0, 0.1) is 6.92 Å². The van der Waals surface area contributed by atoms with Crippen molar-refractivity contribution in [1.82, 2.24) is 4.73 Å². The molecule has 2 N–H and O–H groups in total. The first-order valence-corrected chi connectivity index (χ1v) is 6.90. The first-order chi connectivity index (χ1) is 10.9. The number of benzene rings is 1. The van der Waals surface area contributed by atoms with Gasteiger partial charge in [-0.25, -0.2) is 4.79 Å². The minimum absolute atomic E-state index is 0.129. The number of nitrogens with zero attached hydrogens (tertiary/aromatic N) is 1.